The van der Waals surface area contributed by atoms with Crippen LogP contribution in [-0.4, -0.2) is 47.6 Å². The molecular formula is C17H22ClF3N6. The van der Waals surface area contributed by atoms with E-state index in [2.05, 4.69) is 20.6 Å². The molecule has 2 rings (SSSR count). The van der Waals surface area contributed by atoms with Gasteiger partial charge in [0.1, 0.15) is 5.82 Å². The van der Waals surface area contributed by atoms with Crippen LogP contribution in [0.3, 0.4) is 0 Å². The topological polar surface area (TPSA) is 57.5 Å². The van der Waals surface area contributed by atoms with Crippen LogP contribution in [0, 0.1) is 0 Å². The number of aliphatic imine (C=N–C) groups is 1. The van der Waals surface area contributed by atoms with Crippen LogP contribution in [0.15, 0.2) is 35.6 Å². The first-order valence-electron chi connectivity index (χ1n) is 8.21. The van der Waals surface area contributed by atoms with E-state index in [9.17, 15) is 13.2 Å². The van der Waals surface area contributed by atoms with Gasteiger partial charge in [-0.3, -0.25) is 4.99 Å². The zero-order valence-corrected chi connectivity index (χ0v) is 16.1. The molecule has 0 aromatic carbocycles. The quantitative estimate of drug-likeness (QED) is 0.442. The summed E-state index contributed by atoms with van der Waals surface area (Å²) in [4.78, 5) is 9.85. The van der Waals surface area contributed by atoms with Gasteiger partial charge in [-0.1, -0.05) is 11.6 Å². The van der Waals surface area contributed by atoms with Gasteiger partial charge in [-0.2, -0.15) is 13.2 Å². The van der Waals surface area contributed by atoms with Crippen molar-refractivity contribution in [1.82, 2.24) is 19.8 Å². The minimum Gasteiger partial charge on any atom is -0.368 e. The van der Waals surface area contributed by atoms with Crippen molar-refractivity contribution in [3.63, 3.8) is 0 Å². The first-order chi connectivity index (χ1) is 12.7. The van der Waals surface area contributed by atoms with Gasteiger partial charge in [0.15, 0.2) is 5.96 Å². The highest BCUT2D eigenvalue weighted by Gasteiger charge is 2.33. The van der Waals surface area contributed by atoms with E-state index in [1.54, 1.807) is 7.05 Å². The van der Waals surface area contributed by atoms with Gasteiger partial charge in [-0.25, -0.2) is 4.98 Å². The number of nitrogens with zero attached hydrogens (tertiary/aromatic N) is 4. The number of guanidine groups is 1. The Morgan fingerprint density at radius 3 is 2.70 bits per heavy atom. The molecular weight excluding hydrogens is 381 g/mol. The highest BCUT2D eigenvalue weighted by Crippen LogP contribution is 2.33. The van der Waals surface area contributed by atoms with Crippen molar-refractivity contribution >= 4 is 23.4 Å². The van der Waals surface area contributed by atoms with Crippen LogP contribution >= 0.6 is 11.6 Å². The van der Waals surface area contributed by atoms with E-state index < -0.39 is 11.7 Å². The molecule has 0 aliphatic carbocycles. The Labute approximate surface area is 161 Å². The van der Waals surface area contributed by atoms with Crippen molar-refractivity contribution < 1.29 is 13.2 Å². The molecule has 2 heterocycles. The molecule has 0 spiro atoms. The van der Waals surface area contributed by atoms with Crippen molar-refractivity contribution in [2.75, 3.05) is 32.5 Å². The Kier molecular flexibility index (Phi) is 6.95. The van der Waals surface area contributed by atoms with Gasteiger partial charge in [0.2, 0.25) is 0 Å². The normalized spacial score (nSPS) is 12.2. The molecule has 0 atom stereocenters. The van der Waals surface area contributed by atoms with Gasteiger partial charge in [0, 0.05) is 52.3 Å². The van der Waals surface area contributed by atoms with Gasteiger partial charge in [-0.05, 0) is 18.2 Å². The van der Waals surface area contributed by atoms with Crippen LogP contribution in [0.4, 0.5) is 19.0 Å². The van der Waals surface area contributed by atoms with E-state index >= 15 is 0 Å². The lowest BCUT2D eigenvalue weighted by atomic mass is 10.2. The molecule has 2 aromatic heterocycles. The van der Waals surface area contributed by atoms with Gasteiger partial charge in [0.25, 0.3) is 0 Å². The fraction of sp³-hybridized carbons (Fsp3) is 0.412. The van der Waals surface area contributed by atoms with Gasteiger partial charge >= 0.3 is 6.18 Å². The third kappa shape index (κ3) is 5.78. The number of aromatic nitrogens is 2. The summed E-state index contributed by atoms with van der Waals surface area (Å²) >= 11 is 5.99. The Bertz CT molecular complexity index is 787. The van der Waals surface area contributed by atoms with E-state index in [1.165, 1.54) is 12.3 Å². The third-order valence-electron chi connectivity index (χ3n) is 3.86. The zero-order chi connectivity index (χ0) is 20.0. The lowest BCUT2D eigenvalue weighted by molar-refractivity contribution is -0.137. The van der Waals surface area contributed by atoms with Crippen molar-refractivity contribution in [2.24, 2.45) is 12.0 Å². The maximum absolute atomic E-state index is 13.0. The first-order valence-corrected chi connectivity index (χ1v) is 8.58. The van der Waals surface area contributed by atoms with Crippen molar-refractivity contribution in [2.45, 2.75) is 12.7 Å². The molecule has 0 amide bonds. The largest absolute Gasteiger partial charge is 0.419 e. The molecule has 0 fully saturated rings. The molecule has 0 saturated carbocycles. The molecule has 0 saturated heterocycles. The fourth-order valence-electron chi connectivity index (χ4n) is 2.56. The molecule has 0 bridgehead atoms. The first kappa shape index (κ1) is 20.9. The number of hydrogen-bond acceptors (Lipinski definition) is 3. The third-order valence-corrected chi connectivity index (χ3v) is 4.07. The zero-order valence-electron chi connectivity index (χ0n) is 15.3. The number of halogens is 4. The SMILES string of the molecule is CN=C(NCCNc1ncccc1C(F)(F)F)N(C)Cc1cc(Cl)cn1C. The molecule has 27 heavy (non-hydrogen) atoms. The van der Waals surface area contributed by atoms with E-state index in [-0.39, 0.29) is 12.4 Å². The summed E-state index contributed by atoms with van der Waals surface area (Å²) in [6.07, 6.45) is -1.31. The molecule has 0 radical (unpaired) electrons. The van der Waals surface area contributed by atoms with E-state index in [4.69, 9.17) is 11.6 Å². The van der Waals surface area contributed by atoms with Crippen LogP contribution < -0.4 is 10.6 Å². The summed E-state index contributed by atoms with van der Waals surface area (Å²) in [5, 5.41) is 6.47. The predicted molar refractivity (Wildman–Crippen MR) is 101 cm³/mol. The van der Waals surface area contributed by atoms with Crippen LogP contribution in [-0.2, 0) is 19.8 Å². The van der Waals surface area contributed by atoms with Crippen LogP contribution in [0.25, 0.3) is 0 Å². The minimum absolute atomic E-state index is 0.186. The number of rotatable bonds is 6. The lowest BCUT2D eigenvalue weighted by Crippen LogP contribution is -2.40. The molecule has 0 aliphatic heterocycles. The van der Waals surface area contributed by atoms with E-state index in [0.29, 0.717) is 24.1 Å². The average Bonchev–Trinajstić information content (AvgIpc) is 2.91. The molecule has 2 N–H and O–H groups in total. The standard InChI is InChI=1S/C17H22ClF3N6/c1-22-16(27(3)11-13-9-12(18)10-26(13)2)25-8-7-24-15-14(17(19,20)21)5-4-6-23-15/h4-6,9-10H,7-8,11H2,1-3H3,(H,22,25)(H,23,24). The number of pyridine rings is 1. The van der Waals surface area contributed by atoms with Crippen molar-refractivity contribution in [3.8, 4) is 0 Å². The summed E-state index contributed by atoms with van der Waals surface area (Å²) in [6, 6.07) is 4.13. The average molecular weight is 403 g/mol. The monoisotopic (exact) mass is 402 g/mol. The summed E-state index contributed by atoms with van der Waals surface area (Å²) < 4.78 is 40.8. The van der Waals surface area contributed by atoms with Gasteiger partial charge in [0.05, 0.1) is 17.1 Å². The molecule has 2 aromatic rings. The number of nitrogens with one attached hydrogen (secondary N) is 2. The fourth-order valence-corrected chi connectivity index (χ4v) is 2.83. The summed E-state index contributed by atoms with van der Waals surface area (Å²) in [6.45, 7) is 1.20. The number of anilines is 1. The van der Waals surface area contributed by atoms with Crippen LogP contribution in [0.1, 0.15) is 11.3 Å². The van der Waals surface area contributed by atoms with Crippen LogP contribution in [0.5, 0.6) is 0 Å². The Morgan fingerprint density at radius 2 is 2.11 bits per heavy atom. The second-order valence-electron chi connectivity index (χ2n) is 5.91. The van der Waals surface area contributed by atoms with Gasteiger partial charge < -0.3 is 20.1 Å². The minimum atomic E-state index is -4.45. The summed E-state index contributed by atoms with van der Waals surface area (Å²) in [7, 11) is 5.41. The highest BCUT2D eigenvalue weighted by atomic mass is 35.5. The second-order valence-corrected chi connectivity index (χ2v) is 6.35. The highest BCUT2D eigenvalue weighted by molar-refractivity contribution is 6.30. The second kappa shape index (κ2) is 8.98. The number of alkyl halides is 3. The smallest absolute Gasteiger partial charge is 0.368 e. The molecule has 0 unspecified atom stereocenters. The number of aryl methyl sites for hydroxylation is 1. The van der Waals surface area contributed by atoms with Crippen molar-refractivity contribution in [3.05, 3.63) is 46.9 Å². The maximum Gasteiger partial charge on any atom is 0.419 e. The Morgan fingerprint density at radius 1 is 1.37 bits per heavy atom. The number of hydrogen-bond donors (Lipinski definition) is 2. The predicted octanol–water partition coefficient (Wildman–Crippen LogP) is 3.21. The molecule has 0 aliphatic rings. The lowest BCUT2D eigenvalue weighted by Gasteiger charge is -2.22. The van der Waals surface area contributed by atoms with E-state index in [1.807, 2.05) is 35.8 Å². The van der Waals surface area contributed by atoms with E-state index in [0.717, 1.165) is 11.8 Å². The Balaban J connectivity index is 1.88. The maximum atomic E-state index is 13.0. The summed E-state index contributed by atoms with van der Waals surface area (Å²) in [5.41, 5.74) is 0.221. The van der Waals surface area contributed by atoms with Gasteiger partial charge in [-0.15, -0.1) is 0 Å². The van der Waals surface area contributed by atoms with Crippen LogP contribution in [0.2, 0.25) is 5.02 Å². The molecule has 10 heteroatoms. The molecule has 148 valence electrons. The Hall–Kier alpha value is -2.42. The summed E-state index contributed by atoms with van der Waals surface area (Å²) in [5.74, 6) is 0.430. The molecule has 6 nitrogen and oxygen atoms in total. The van der Waals surface area contributed by atoms with Crippen molar-refractivity contribution in [1.29, 1.82) is 0 Å².